The van der Waals surface area contributed by atoms with E-state index in [0.29, 0.717) is 6.04 Å². The standard InChI is InChI=1S/C24H27N3O/c1-15-2-7-19(8-3-15)25-14-16-4-11-21-18(12-16)13-22-23(26-27-24(21)22)17-5-9-20(28)10-6-17/h4-6,9-12,15,19,25,28H,2-3,7-8,13-14H2,1H3,(H,26,27)/t15-,19-. The van der Waals surface area contributed by atoms with Crippen molar-refractivity contribution in [3.05, 3.63) is 59.2 Å². The highest BCUT2D eigenvalue weighted by Gasteiger charge is 2.25. The Labute approximate surface area is 166 Å². The van der Waals surface area contributed by atoms with Gasteiger partial charge in [0.15, 0.2) is 0 Å². The zero-order valence-electron chi connectivity index (χ0n) is 16.3. The molecule has 4 heteroatoms. The number of nitrogens with zero attached hydrogens (tertiary/aromatic N) is 1. The Balaban J connectivity index is 1.32. The van der Waals surface area contributed by atoms with Gasteiger partial charge in [-0.25, -0.2) is 0 Å². The topological polar surface area (TPSA) is 60.9 Å². The first-order valence-corrected chi connectivity index (χ1v) is 10.4. The molecule has 0 saturated heterocycles. The van der Waals surface area contributed by atoms with Crippen LogP contribution in [0.15, 0.2) is 42.5 Å². The number of aromatic hydroxyl groups is 1. The molecule has 144 valence electrons. The maximum absolute atomic E-state index is 9.54. The lowest BCUT2D eigenvalue weighted by atomic mass is 9.87. The van der Waals surface area contributed by atoms with Crippen LogP contribution in [0.3, 0.4) is 0 Å². The summed E-state index contributed by atoms with van der Waals surface area (Å²) in [4.78, 5) is 0. The highest BCUT2D eigenvalue weighted by molar-refractivity contribution is 5.81. The molecular weight excluding hydrogens is 346 g/mol. The second-order valence-electron chi connectivity index (χ2n) is 8.48. The van der Waals surface area contributed by atoms with Crippen LogP contribution in [-0.2, 0) is 13.0 Å². The molecule has 5 rings (SSSR count). The minimum Gasteiger partial charge on any atom is -0.508 e. The van der Waals surface area contributed by atoms with Crippen LogP contribution in [0.1, 0.15) is 49.3 Å². The van der Waals surface area contributed by atoms with E-state index < -0.39 is 0 Å². The average Bonchev–Trinajstić information content (AvgIpc) is 3.27. The number of hydrogen-bond donors (Lipinski definition) is 3. The minimum absolute atomic E-state index is 0.281. The van der Waals surface area contributed by atoms with Gasteiger partial charge in [-0.05, 0) is 67.0 Å². The molecule has 2 aliphatic rings. The number of aromatic nitrogens is 2. The number of fused-ring (bicyclic) bond motifs is 3. The zero-order valence-corrected chi connectivity index (χ0v) is 16.3. The first-order chi connectivity index (χ1) is 13.7. The van der Waals surface area contributed by atoms with Crippen LogP contribution in [0.25, 0.3) is 22.5 Å². The molecule has 0 atom stereocenters. The quantitative estimate of drug-likeness (QED) is 0.471. The second kappa shape index (κ2) is 7.10. The third kappa shape index (κ3) is 3.22. The Bertz CT molecular complexity index is 982. The summed E-state index contributed by atoms with van der Waals surface area (Å²) in [6.45, 7) is 3.32. The van der Waals surface area contributed by atoms with Gasteiger partial charge in [0.05, 0.1) is 11.4 Å². The first-order valence-electron chi connectivity index (χ1n) is 10.4. The van der Waals surface area contributed by atoms with E-state index in [-0.39, 0.29) is 5.75 Å². The van der Waals surface area contributed by atoms with Crippen molar-refractivity contribution < 1.29 is 5.11 Å². The Morgan fingerprint density at radius 1 is 1.07 bits per heavy atom. The van der Waals surface area contributed by atoms with Crippen LogP contribution in [0, 0.1) is 5.92 Å². The monoisotopic (exact) mass is 373 g/mol. The molecule has 0 amide bonds. The highest BCUT2D eigenvalue weighted by Crippen LogP contribution is 2.40. The lowest BCUT2D eigenvalue weighted by molar-refractivity contribution is 0.306. The maximum atomic E-state index is 9.54. The van der Waals surface area contributed by atoms with E-state index in [1.165, 1.54) is 47.9 Å². The third-order valence-electron chi connectivity index (χ3n) is 6.42. The molecule has 2 aromatic carbocycles. The van der Waals surface area contributed by atoms with Crippen LogP contribution < -0.4 is 5.32 Å². The summed E-state index contributed by atoms with van der Waals surface area (Å²) in [5.74, 6) is 1.17. The summed E-state index contributed by atoms with van der Waals surface area (Å²) in [5, 5.41) is 21.1. The molecule has 1 saturated carbocycles. The highest BCUT2D eigenvalue weighted by atomic mass is 16.3. The molecule has 3 aromatic rings. The van der Waals surface area contributed by atoms with Crippen LogP contribution in [0.2, 0.25) is 0 Å². The normalized spacial score (nSPS) is 20.8. The molecule has 1 fully saturated rings. The van der Waals surface area contributed by atoms with Crippen molar-refractivity contribution in [3.63, 3.8) is 0 Å². The number of rotatable bonds is 4. The van der Waals surface area contributed by atoms with E-state index in [1.54, 1.807) is 12.1 Å². The van der Waals surface area contributed by atoms with Crippen LogP contribution >= 0.6 is 0 Å². The van der Waals surface area contributed by atoms with Gasteiger partial charge in [0.1, 0.15) is 5.75 Å². The SMILES string of the molecule is C[C@H]1CC[C@H](NCc2ccc3c(c2)Cc2c(-c4ccc(O)cc4)n[nH]c2-3)CC1. The lowest BCUT2D eigenvalue weighted by Crippen LogP contribution is -2.32. The fourth-order valence-corrected chi connectivity index (χ4v) is 4.68. The molecule has 0 bridgehead atoms. The van der Waals surface area contributed by atoms with Gasteiger partial charge < -0.3 is 10.4 Å². The van der Waals surface area contributed by atoms with Gasteiger partial charge in [0.25, 0.3) is 0 Å². The number of aromatic amines is 1. The van der Waals surface area contributed by atoms with Gasteiger partial charge in [-0.3, -0.25) is 5.10 Å². The molecule has 0 radical (unpaired) electrons. The summed E-state index contributed by atoms with van der Waals surface area (Å²) in [6.07, 6.45) is 6.22. The Hall–Kier alpha value is -2.59. The fraction of sp³-hybridized carbons (Fsp3) is 0.375. The summed E-state index contributed by atoms with van der Waals surface area (Å²) in [5.41, 5.74) is 8.43. The molecule has 28 heavy (non-hydrogen) atoms. The fourth-order valence-electron chi connectivity index (χ4n) is 4.68. The van der Waals surface area contributed by atoms with E-state index in [9.17, 15) is 5.11 Å². The van der Waals surface area contributed by atoms with Crippen LogP contribution in [0.5, 0.6) is 5.75 Å². The smallest absolute Gasteiger partial charge is 0.115 e. The largest absolute Gasteiger partial charge is 0.508 e. The molecule has 2 aliphatic carbocycles. The molecule has 1 aromatic heterocycles. The van der Waals surface area contributed by atoms with E-state index in [1.807, 2.05) is 12.1 Å². The summed E-state index contributed by atoms with van der Waals surface area (Å²) in [6, 6.07) is 14.8. The van der Waals surface area contributed by atoms with Crippen molar-refractivity contribution in [2.75, 3.05) is 0 Å². The number of benzene rings is 2. The first kappa shape index (κ1) is 17.5. The van der Waals surface area contributed by atoms with Gasteiger partial charge >= 0.3 is 0 Å². The van der Waals surface area contributed by atoms with Gasteiger partial charge in [0, 0.05) is 35.7 Å². The van der Waals surface area contributed by atoms with Crippen molar-refractivity contribution in [1.82, 2.24) is 15.5 Å². The zero-order chi connectivity index (χ0) is 19.1. The number of phenolic OH excluding ortho intramolecular Hbond substituents is 1. The van der Waals surface area contributed by atoms with Crippen molar-refractivity contribution in [1.29, 1.82) is 0 Å². The van der Waals surface area contributed by atoms with E-state index >= 15 is 0 Å². The maximum Gasteiger partial charge on any atom is 0.115 e. The molecule has 1 heterocycles. The van der Waals surface area contributed by atoms with Crippen molar-refractivity contribution in [2.24, 2.45) is 5.92 Å². The second-order valence-corrected chi connectivity index (χ2v) is 8.48. The molecule has 0 spiro atoms. The Morgan fingerprint density at radius 2 is 1.86 bits per heavy atom. The number of nitrogens with one attached hydrogen (secondary N) is 2. The predicted octanol–water partition coefficient (Wildman–Crippen LogP) is 5.02. The Morgan fingerprint density at radius 3 is 2.64 bits per heavy atom. The molecule has 0 aliphatic heterocycles. The van der Waals surface area contributed by atoms with Crippen molar-refractivity contribution >= 4 is 0 Å². The van der Waals surface area contributed by atoms with E-state index in [0.717, 1.165) is 35.8 Å². The molecule has 0 unspecified atom stereocenters. The summed E-state index contributed by atoms with van der Waals surface area (Å²) < 4.78 is 0. The average molecular weight is 374 g/mol. The van der Waals surface area contributed by atoms with Crippen LogP contribution in [0.4, 0.5) is 0 Å². The molecule has 4 nitrogen and oxygen atoms in total. The van der Waals surface area contributed by atoms with Gasteiger partial charge in [-0.1, -0.05) is 25.1 Å². The van der Waals surface area contributed by atoms with E-state index in [4.69, 9.17) is 0 Å². The van der Waals surface area contributed by atoms with Gasteiger partial charge in [0.2, 0.25) is 0 Å². The molecule has 3 N–H and O–H groups in total. The lowest BCUT2D eigenvalue weighted by Gasteiger charge is -2.27. The van der Waals surface area contributed by atoms with Crippen molar-refractivity contribution in [3.8, 4) is 28.3 Å². The number of hydrogen-bond acceptors (Lipinski definition) is 3. The van der Waals surface area contributed by atoms with Crippen molar-refractivity contribution in [2.45, 2.75) is 51.6 Å². The molecular formula is C24H27N3O. The Kier molecular flexibility index (Phi) is 4.44. The summed E-state index contributed by atoms with van der Waals surface area (Å²) >= 11 is 0. The van der Waals surface area contributed by atoms with Gasteiger partial charge in [-0.15, -0.1) is 0 Å². The van der Waals surface area contributed by atoms with E-state index in [2.05, 4.69) is 40.6 Å². The van der Waals surface area contributed by atoms with Gasteiger partial charge in [-0.2, -0.15) is 5.10 Å². The van der Waals surface area contributed by atoms with Crippen LogP contribution in [-0.4, -0.2) is 21.3 Å². The third-order valence-corrected chi connectivity index (χ3v) is 6.42. The number of H-pyrrole nitrogens is 1. The minimum atomic E-state index is 0.281. The summed E-state index contributed by atoms with van der Waals surface area (Å²) in [7, 11) is 0. The predicted molar refractivity (Wildman–Crippen MR) is 112 cm³/mol. The number of phenols is 1.